The summed E-state index contributed by atoms with van der Waals surface area (Å²) in [4.78, 5) is 46.1. The van der Waals surface area contributed by atoms with Gasteiger partial charge in [-0.25, -0.2) is 4.98 Å². The summed E-state index contributed by atoms with van der Waals surface area (Å²) >= 11 is 1.52. The van der Waals surface area contributed by atoms with E-state index in [0.29, 0.717) is 12.3 Å². The lowest BCUT2D eigenvalue weighted by Crippen LogP contribution is -2.51. The lowest BCUT2D eigenvalue weighted by molar-refractivity contribution is -0.129. The largest absolute Gasteiger partial charge is 0.366 e. The lowest BCUT2D eigenvalue weighted by Gasteiger charge is -2.23. The Labute approximate surface area is 215 Å². The Hall–Kier alpha value is -3.59. The Morgan fingerprint density at radius 2 is 1.92 bits per heavy atom. The van der Waals surface area contributed by atoms with Crippen LogP contribution in [0, 0.1) is 0 Å². The van der Waals surface area contributed by atoms with Crippen molar-refractivity contribution in [1.82, 2.24) is 20.6 Å². The molecule has 0 radical (unpaired) electrons. The van der Waals surface area contributed by atoms with Gasteiger partial charge in [0.15, 0.2) is 0 Å². The van der Waals surface area contributed by atoms with Crippen LogP contribution < -0.4 is 16.4 Å². The molecular weight excluding hydrogens is 474 g/mol. The number of fused-ring (bicyclic) bond motifs is 1. The van der Waals surface area contributed by atoms with Crippen molar-refractivity contribution in [2.75, 3.05) is 0 Å². The van der Waals surface area contributed by atoms with Crippen LogP contribution in [0.15, 0.2) is 54.9 Å². The molecule has 2 aromatic heterocycles. The van der Waals surface area contributed by atoms with Crippen molar-refractivity contribution in [3.8, 4) is 0 Å². The van der Waals surface area contributed by atoms with E-state index in [1.165, 1.54) is 16.9 Å². The van der Waals surface area contributed by atoms with Gasteiger partial charge in [-0.1, -0.05) is 39.5 Å². The van der Waals surface area contributed by atoms with E-state index in [1.807, 2.05) is 12.1 Å². The highest BCUT2D eigenvalue weighted by Crippen LogP contribution is 2.27. The van der Waals surface area contributed by atoms with E-state index in [4.69, 9.17) is 10.7 Å². The lowest BCUT2D eigenvalue weighted by atomic mass is 9.99. The van der Waals surface area contributed by atoms with Crippen LogP contribution in [-0.2, 0) is 27.2 Å². The highest BCUT2D eigenvalue weighted by molar-refractivity contribution is 7.18. The second kappa shape index (κ2) is 12.4. The maximum Gasteiger partial charge on any atom is 0.244 e. The molecule has 0 saturated heterocycles. The molecule has 2 atom stereocenters. The minimum atomic E-state index is -0.819. The van der Waals surface area contributed by atoms with Crippen molar-refractivity contribution in [3.05, 3.63) is 71.0 Å². The number of rotatable bonds is 12. The van der Waals surface area contributed by atoms with Gasteiger partial charge in [-0.2, -0.15) is 0 Å². The topological polar surface area (TPSA) is 127 Å². The van der Waals surface area contributed by atoms with Crippen LogP contribution in [0.3, 0.4) is 0 Å². The zero-order valence-corrected chi connectivity index (χ0v) is 21.7. The summed E-state index contributed by atoms with van der Waals surface area (Å²) in [5.74, 6) is -0.811. The second-order valence-electron chi connectivity index (χ2n) is 9.11. The van der Waals surface area contributed by atoms with E-state index >= 15 is 0 Å². The van der Waals surface area contributed by atoms with Gasteiger partial charge < -0.3 is 16.4 Å². The highest BCUT2D eigenvalue weighted by atomic mass is 32.1. The van der Waals surface area contributed by atoms with Crippen molar-refractivity contribution >= 4 is 39.3 Å². The van der Waals surface area contributed by atoms with Crippen LogP contribution in [0.1, 0.15) is 55.7 Å². The molecule has 0 saturated carbocycles. The molecule has 2 heterocycles. The fourth-order valence-electron chi connectivity index (χ4n) is 3.79. The number of thiazole rings is 1. The van der Waals surface area contributed by atoms with Crippen LogP contribution in [0.2, 0.25) is 0 Å². The Kier molecular flexibility index (Phi) is 9.30. The minimum absolute atomic E-state index is 0.184. The number of nitrogens with two attached hydrogens (primary N) is 1. The van der Waals surface area contributed by atoms with E-state index in [0.717, 1.165) is 20.8 Å². The van der Waals surface area contributed by atoms with Gasteiger partial charge in [-0.05, 0) is 48.1 Å². The van der Waals surface area contributed by atoms with Crippen molar-refractivity contribution in [3.63, 3.8) is 0 Å². The standard InChI is InChI=1S/C27H33N5O3S/c1-5-24(33)31-22(14-25-32-21-9-8-19(16(2)3)13-23(21)36-25)27(35)30-20(11-17(4)26(28)34)12-18-7-6-10-29-15-18/h6-10,13,15-16,20,22H,4-5,11-12,14H2,1-3H3,(H2,28,34)(H,30,35)(H,31,33)/t20-,22+/m1/s1. The highest BCUT2D eigenvalue weighted by Gasteiger charge is 2.26. The molecule has 0 bridgehead atoms. The third kappa shape index (κ3) is 7.45. The average Bonchev–Trinajstić information content (AvgIpc) is 3.25. The van der Waals surface area contributed by atoms with Gasteiger partial charge in [0.2, 0.25) is 17.7 Å². The van der Waals surface area contributed by atoms with Gasteiger partial charge in [-0.15, -0.1) is 11.3 Å². The number of carbonyl (C=O) groups excluding carboxylic acids is 3. The molecule has 0 fully saturated rings. The summed E-state index contributed by atoms with van der Waals surface area (Å²) < 4.78 is 1.05. The summed E-state index contributed by atoms with van der Waals surface area (Å²) in [6, 6.07) is 8.60. The van der Waals surface area contributed by atoms with Crippen molar-refractivity contribution in [2.24, 2.45) is 5.73 Å². The first-order chi connectivity index (χ1) is 17.2. The zero-order chi connectivity index (χ0) is 26.2. The van der Waals surface area contributed by atoms with Gasteiger partial charge in [-0.3, -0.25) is 19.4 Å². The van der Waals surface area contributed by atoms with Gasteiger partial charge in [0, 0.05) is 36.9 Å². The predicted molar refractivity (Wildman–Crippen MR) is 142 cm³/mol. The summed E-state index contributed by atoms with van der Waals surface area (Å²) in [6.45, 7) is 9.75. The minimum Gasteiger partial charge on any atom is -0.366 e. The second-order valence-corrected chi connectivity index (χ2v) is 10.2. The molecule has 0 spiro atoms. The van der Waals surface area contributed by atoms with Gasteiger partial charge in [0.25, 0.3) is 0 Å². The number of nitrogens with one attached hydrogen (secondary N) is 2. The number of nitrogens with zero attached hydrogens (tertiary/aromatic N) is 2. The van der Waals surface area contributed by atoms with E-state index in [1.54, 1.807) is 25.4 Å². The Morgan fingerprint density at radius 3 is 2.56 bits per heavy atom. The number of aromatic nitrogens is 2. The predicted octanol–water partition coefficient (Wildman–Crippen LogP) is 3.41. The molecule has 3 aromatic rings. The van der Waals surface area contributed by atoms with Gasteiger partial charge in [0.1, 0.15) is 6.04 Å². The number of carbonyl (C=O) groups is 3. The number of primary amides is 1. The first-order valence-corrected chi connectivity index (χ1v) is 12.8. The van der Waals surface area contributed by atoms with Crippen molar-refractivity contribution in [1.29, 1.82) is 0 Å². The third-order valence-corrected chi connectivity index (χ3v) is 6.91. The SMILES string of the molecule is C=C(C[C@H](Cc1cccnc1)NC(=O)[C@H](Cc1nc2ccc(C(C)C)cc2s1)NC(=O)CC)C(N)=O. The molecule has 0 aliphatic heterocycles. The molecule has 3 amide bonds. The maximum absolute atomic E-state index is 13.4. The normalized spacial score (nSPS) is 12.8. The van der Waals surface area contributed by atoms with Gasteiger partial charge >= 0.3 is 0 Å². The van der Waals surface area contributed by atoms with E-state index in [-0.39, 0.29) is 36.6 Å². The Balaban J connectivity index is 1.82. The first kappa shape index (κ1) is 27.0. The number of amides is 3. The molecule has 190 valence electrons. The monoisotopic (exact) mass is 507 g/mol. The summed E-state index contributed by atoms with van der Waals surface area (Å²) in [5, 5.41) is 6.57. The fourth-order valence-corrected chi connectivity index (χ4v) is 4.85. The Morgan fingerprint density at radius 1 is 1.14 bits per heavy atom. The molecule has 0 aliphatic rings. The molecule has 4 N–H and O–H groups in total. The van der Waals surface area contributed by atoms with Crippen LogP contribution in [0.5, 0.6) is 0 Å². The number of hydrogen-bond acceptors (Lipinski definition) is 6. The Bertz CT molecular complexity index is 1240. The maximum atomic E-state index is 13.4. The van der Waals surface area contributed by atoms with E-state index in [9.17, 15) is 14.4 Å². The molecule has 0 unspecified atom stereocenters. The van der Waals surface area contributed by atoms with Crippen LogP contribution in [0.25, 0.3) is 10.2 Å². The zero-order valence-electron chi connectivity index (χ0n) is 20.9. The molecule has 36 heavy (non-hydrogen) atoms. The molecule has 3 rings (SSSR count). The van der Waals surface area contributed by atoms with Gasteiger partial charge in [0.05, 0.1) is 15.2 Å². The average molecular weight is 508 g/mol. The van der Waals surface area contributed by atoms with Crippen molar-refractivity contribution < 1.29 is 14.4 Å². The first-order valence-electron chi connectivity index (χ1n) is 12.0. The van der Waals surface area contributed by atoms with E-state index in [2.05, 4.69) is 48.2 Å². The number of benzene rings is 1. The fraction of sp³-hybridized carbons (Fsp3) is 0.370. The number of hydrogen-bond donors (Lipinski definition) is 3. The van der Waals surface area contributed by atoms with Crippen LogP contribution >= 0.6 is 11.3 Å². The van der Waals surface area contributed by atoms with Crippen LogP contribution in [-0.4, -0.2) is 39.8 Å². The third-order valence-electron chi connectivity index (χ3n) is 5.87. The molecule has 0 aliphatic carbocycles. The molecule has 1 aromatic carbocycles. The molecule has 8 nitrogen and oxygen atoms in total. The quantitative estimate of drug-likeness (QED) is 0.324. The summed E-state index contributed by atoms with van der Waals surface area (Å²) in [6.07, 6.45) is 4.49. The molecule has 9 heteroatoms. The summed E-state index contributed by atoms with van der Waals surface area (Å²) in [7, 11) is 0. The van der Waals surface area contributed by atoms with E-state index < -0.39 is 18.0 Å². The van der Waals surface area contributed by atoms with Crippen molar-refractivity contribution in [2.45, 2.75) is 64.5 Å². The molecular formula is C27H33N5O3S. The van der Waals surface area contributed by atoms with Crippen LogP contribution in [0.4, 0.5) is 0 Å². The summed E-state index contributed by atoms with van der Waals surface area (Å²) in [5.41, 5.74) is 8.59. The number of pyridine rings is 1. The smallest absolute Gasteiger partial charge is 0.244 e.